The molecular weight excluding hydrogens is 961 g/mol. The van der Waals surface area contributed by atoms with E-state index in [4.69, 9.17) is 29.5 Å². The van der Waals surface area contributed by atoms with Crippen molar-refractivity contribution >= 4 is 23.7 Å². The first-order chi connectivity index (χ1) is 37.3. The third-order valence-electron chi connectivity index (χ3n) is 13.6. The fourth-order valence-electron chi connectivity index (χ4n) is 8.84. The predicted octanol–water partition coefficient (Wildman–Crippen LogP) is 14.2. The largest absolute Gasteiger partial charge is 0.496 e. The molecule has 0 bridgehead atoms. The molecule has 2 unspecified atom stereocenters. The van der Waals surface area contributed by atoms with E-state index < -0.39 is 11.2 Å². The van der Waals surface area contributed by atoms with Crippen LogP contribution in [0.15, 0.2) is 148 Å². The van der Waals surface area contributed by atoms with Crippen LogP contribution >= 0.6 is 0 Å². The molecule has 0 spiro atoms. The molecule has 2 heterocycles. The first-order valence-electron chi connectivity index (χ1n) is 26.2. The number of nitrogens with zero attached hydrogens (tertiary/aromatic N) is 8. The summed E-state index contributed by atoms with van der Waals surface area (Å²) in [7, 11) is 3.26. The maximum atomic E-state index is 10.9. The summed E-state index contributed by atoms with van der Waals surface area (Å²) in [5, 5.41) is 56.3. The van der Waals surface area contributed by atoms with Crippen LogP contribution in [0, 0.1) is 68.0 Å². The summed E-state index contributed by atoms with van der Waals surface area (Å²) in [6, 6.07) is 42.4. The summed E-state index contributed by atoms with van der Waals surface area (Å²) in [6.07, 6.45) is 13.8. The van der Waals surface area contributed by atoms with Gasteiger partial charge < -0.3 is 28.7 Å². The molecule has 2 aliphatic rings. The zero-order valence-corrected chi connectivity index (χ0v) is 46.1. The Bertz CT molecular complexity index is 3050. The van der Waals surface area contributed by atoms with Crippen LogP contribution in [0.4, 0.5) is 11.4 Å². The molecule has 0 aliphatic carbocycles. The fourth-order valence-corrected chi connectivity index (χ4v) is 8.84. The summed E-state index contributed by atoms with van der Waals surface area (Å²) in [5.74, 6) is 1.46. The Morgan fingerprint density at radius 3 is 1.32 bits per heavy atom. The smallest absolute Gasteiger partial charge is 0.172 e. The molecule has 2 atom stereocenters. The third-order valence-corrected chi connectivity index (χ3v) is 13.6. The maximum absolute atomic E-state index is 10.9. The molecule has 2 aliphatic heterocycles. The molecule has 396 valence electrons. The summed E-state index contributed by atoms with van der Waals surface area (Å²) < 4.78 is 23.1. The summed E-state index contributed by atoms with van der Waals surface area (Å²) in [5.41, 5.74) is 4.80. The molecular formula is C64H70N8O5. The fraction of sp³-hybridized carbons (Fsp3) is 0.359. The van der Waals surface area contributed by atoms with Crippen LogP contribution in [-0.4, -0.2) is 46.7 Å². The maximum Gasteiger partial charge on any atom is 0.172 e. The number of carbonyl (C=O) groups excluding carboxylic acids is 1. The number of anilines is 2. The highest BCUT2D eigenvalue weighted by atomic mass is 16.5. The number of hydrogen-bond donors (Lipinski definition) is 0. The van der Waals surface area contributed by atoms with Crippen LogP contribution in [0.1, 0.15) is 127 Å². The average molecular weight is 1030 g/mol. The number of ether oxygens (including phenoxy) is 4. The highest BCUT2D eigenvalue weighted by Gasteiger charge is 2.44. The first kappa shape index (κ1) is 60.5. The highest BCUT2D eigenvalue weighted by molar-refractivity contribution is 5.81. The van der Waals surface area contributed by atoms with Gasteiger partial charge in [0.25, 0.3) is 0 Å². The Balaban J connectivity index is 0.000000275. The van der Waals surface area contributed by atoms with Crippen molar-refractivity contribution in [2.24, 2.45) is 0 Å². The molecule has 0 N–H and O–H groups in total. The molecule has 77 heavy (non-hydrogen) atoms. The molecule has 0 aromatic heterocycles. The van der Waals surface area contributed by atoms with Crippen LogP contribution in [-0.2, 0) is 20.7 Å². The molecule has 4 aromatic rings. The highest BCUT2D eigenvalue weighted by Crippen LogP contribution is 2.48. The van der Waals surface area contributed by atoms with E-state index in [2.05, 4.69) is 55.7 Å². The van der Waals surface area contributed by atoms with Crippen molar-refractivity contribution in [2.75, 3.05) is 50.2 Å². The summed E-state index contributed by atoms with van der Waals surface area (Å²) in [6.45, 7) is 18.4. The lowest BCUT2D eigenvalue weighted by Crippen LogP contribution is -2.25. The van der Waals surface area contributed by atoms with Gasteiger partial charge in [-0.05, 0) is 87.4 Å². The molecule has 0 amide bonds. The van der Waals surface area contributed by atoms with Crippen LogP contribution in [0.25, 0.3) is 6.08 Å². The normalized spacial score (nSPS) is 16.0. The first-order valence-corrected chi connectivity index (χ1v) is 26.2. The number of carbonyl (C=O) groups is 1. The minimum atomic E-state index is -1.05. The lowest BCUT2D eigenvalue weighted by Gasteiger charge is -2.27. The van der Waals surface area contributed by atoms with Crippen molar-refractivity contribution < 1.29 is 23.7 Å². The predicted molar refractivity (Wildman–Crippen MR) is 302 cm³/mol. The molecule has 4 aromatic carbocycles. The van der Waals surface area contributed by atoms with Crippen LogP contribution < -0.4 is 19.3 Å². The van der Waals surface area contributed by atoms with Crippen LogP contribution in [0.2, 0.25) is 0 Å². The van der Waals surface area contributed by atoms with E-state index in [0.717, 1.165) is 92.0 Å². The number of rotatable bonds is 21. The Hall–Kier alpha value is -9.01. The van der Waals surface area contributed by atoms with E-state index in [0.29, 0.717) is 22.5 Å². The topological polar surface area (TPSA) is 203 Å². The van der Waals surface area contributed by atoms with Gasteiger partial charge in [-0.15, -0.1) is 0 Å². The van der Waals surface area contributed by atoms with E-state index in [9.17, 15) is 25.8 Å². The molecule has 0 saturated carbocycles. The van der Waals surface area contributed by atoms with Crippen molar-refractivity contribution in [1.82, 2.24) is 0 Å². The molecule has 13 heteroatoms. The molecule has 0 fully saturated rings. The SMILES string of the molecule is CC1=C(C#N)C(=C(C#N)C#N)OC1(C)c1ccccc1.CCCCN(CCCC)c1ccc(/C=C/C2=C(C#N)C(=C(C#N)C#N)OC2(C)c2ccccc2)c(OC)c1.CCCCN(CCCC)c1ccc(C=O)c(OC)c1. The Morgan fingerprint density at radius 1 is 0.545 bits per heavy atom. The zero-order valence-electron chi connectivity index (χ0n) is 46.1. The minimum Gasteiger partial charge on any atom is -0.496 e. The summed E-state index contributed by atoms with van der Waals surface area (Å²) in [4.78, 5) is 15.7. The molecule has 0 radical (unpaired) electrons. The number of unbranched alkanes of at least 4 members (excludes halogenated alkanes) is 4. The van der Waals surface area contributed by atoms with Gasteiger partial charge in [-0.25, -0.2) is 0 Å². The number of benzene rings is 4. The molecule has 6 rings (SSSR count). The summed E-state index contributed by atoms with van der Waals surface area (Å²) >= 11 is 0. The van der Waals surface area contributed by atoms with Crippen LogP contribution in [0.3, 0.4) is 0 Å². The number of methoxy groups -OCH3 is 2. The van der Waals surface area contributed by atoms with Crippen LogP contribution in [0.5, 0.6) is 11.5 Å². The Labute approximate surface area is 456 Å². The second-order valence-corrected chi connectivity index (χ2v) is 18.6. The van der Waals surface area contributed by atoms with Crippen molar-refractivity contribution in [2.45, 2.75) is 111 Å². The second-order valence-electron chi connectivity index (χ2n) is 18.6. The number of hydrogen-bond acceptors (Lipinski definition) is 13. The van der Waals surface area contributed by atoms with Gasteiger partial charge in [0.05, 0.1) is 25.4 Å². The van der Waals surface area contributed by atoms with Gasteiger partial charge in [-0.1, -0.05) is 126 Å². The number of aldehydes is 1. The van der Waals surface area contributed by atoms with Gasteiger partial charge in [-0.3, -0.25) is 4.79 Å². The standard InChI is InChI=1S/C32H34N4O2.C16H11N3O.C16H25NO2/c1-5-7-18-36(19-8-6-2)27-16-14-24(30(20-27)37-4)15-17-29-28(23-35)31(25(21-33)22-34)38-32(29,3)26-12-10-9-11-13-26;1-11-14(10-19)15(12(8-17)9-18)20-16(11,2)13-6-4-3-5-7-13;1-4-6-10-17(11-7-5-2)15-9-8-14(13-18)16(12-15)19-3/h9-17,20H,5-8,18-19H2,1-4H3;3-7H,1-2H3;8-9,12-13H,4-7,10-11H2,1-3H3/b17-15+;;. The van der Waals surface area contributed by atoms with E-state index in [-0.39, 0.29) is 33.8 Å². The lowest BCUT2D eigenvalue weighted by molar-refractivity contribution is 0.0728. The van der Waals surface area contributed by atoms with Gasteiger partial charge in [0.1, 0.15) is 53.5 Å². The minimum absolute atomic E-state index is 0.00769. The molecule has 0 saturated heterocycles. The monoisotopic (exact) mass is 1030 g/mol. The number of nitriles is 6. The van der Waals surface area contributed by atoms with Gasteiger partial charge in [0, 0.05) is 60.8 Å². The van der Waals surface area contributed by atoms with Gasteiger partial charge in [0.15, 0.2) is 40.2 Å². The van der Waals surface area contributed by atoms with E-state index in [1.165, 1.54) is 25.7 Å². The third kappa shape index (κ3) is 14.9. The lowest BCUT2D eigenvalue weighted by atomic mass is 9.86. The number of allylic oxidation sites excluding steroid dienone is 4. The Kier molecular flexibility index (Phi) is 23.9. The quantitative estimate of drug-likeness (QED) is 0.0564. The average Bonchev–Trinajstić information content (AvgIpc) is 3.93. The van der Waals surface area contributed by atoms with Gasteiger partial charge in [-0.2, -0.15) is 31.6 Å². The molecule has 13 nitrogen and oxygen atoms in total. The van der Waals surface area contributed by atoms with Crippen molar-refractivity contribution in [1.29, 1.82) is 31.6 Å². The van der Waals surface area contributed by atoms with Gasteiger partial charge in [0.2, 0.25) is 0 Å². The van der Waals surface area contributed by atoms with Crippen molar-refractivity contribution in [3.05, 3.63) is 170 Å². The van der Waals surface area contributed by atoms with Crippen molar-refractivity contribution in [3.8, 4) is 47.9 Å². The zero-order chi connectivity index (χ0) is 56.4. The van der Waals surface area contributed by atoms with Crippen molar-refractivity contribution in [3.63, 3.8) is 0 Å². The Morgan fingerprint density at radius 2 is 0.935 bits per heavy atom. The van der Waals surface area contributed by atoms with E-state index in [1.54, 1.807) is 33.3 Å². The van der Waals surface area contributed by atoms with E-state index >= 15 is 0 Å². The second kappa shape index (κ2) is 30.4. The van der Waals surface area contributed by atoms with E-state index in [1.807, 2.05) is 129 Å². The van der Waals surface area contributed by atoms with Gasteiger partial charge >= 0.3 is 0 Å².